The van der Waals surface area contributed by atoms with Crippen LogP contribution in [-0.2, 0) is 12.8 Å². The normalized spacial score (nSPS) is 11.0. The third-order valence-corrected chi connectivity index (χ3v) is 5.63. The minimum Gasteiger partial charge on any atom is -0.149 e. The van der Waals surface area contributed by atoms with Crippen LogP contribution in [0.5, 0.6) is 0 Å². The number of hydrogen-bond acceptors (Lipinski definition) is 2. The molecule has 0 amide bonds. The molecule has 2 aromatic rings. The van der Waals surface area contributed by atoms with E-state index in [1.54, 1.807) is 9.75 Å². The second-order valence-electron chi connectivity index (χ2n) is 5.49. The lowest BCUT2D eigenvalue weighted by molar-refractivity contribution is 0.569. The quantitative estimate of drug-likeness (QED) is 0.404. The molecule has 0 nitrogen and oxygen atoms in total. The van der Waals surface area contributed by atoms with E-state index in [0.717, 1.165) is 0 Å². The third kappa shape index (κ3) is 6.71. The fraction of sp³-hybridized carbons (Fsp3) is 0.556. The van der Waals surface area contributed by atoms with E-state index in [4.69, 9.17) is 0 Å². The zero-order chi connectivity index (χ0) is 13.9. The summed E-state index contributed by atoms with van der Waals surface area (Å²) in [5.41, 5.74) is 0. The molecule has 2 heteroatoms. The van der Waals surface area contributed by atoms with Crippen LogP contribution < -0.4 is 0 Å². The predicted octanol–water partition coefficient (Wildman–Crippen LogP) is 6.72. The van der Waals surface area contributed by atoms with Gasteiger partial charge >= 0.3 is 0 Å². The maximum atomic E-state index is 2.26. The van der Waals surface area contributed by atoms with Crippen LogP contribution in [-0.4, -0.2) is 0 Å². The van der Waals surface area contributed by atoms with E-state index in [1.807, 2.05) is 22.7 Å². The summed E-state index contributed by atoms with van der Waals surface area (Å²) in [4.78, 5) is 3.11. The van der Waals surface area contributed by atoms with Crippen molar-refractivity contribution >= 4 is 22.7 Å². The van der Waals surface area contributed by atoms with Gasteiger partial charge < -0.3 is 0 Å². The van der Waals surface area contributed by atoms with E-state index < -0.39 is 0 Å². The standard InChI is InChI=1S/C18H26S2/c1(3-5-7-11-17-13-9-15-19-17)2-4-6-8-12-18-14-10-16-20-18/h9-10,13-16H,1-8,11-12H2. The summed E-state index contributed by atoms with van der Waals surface area (Å²) in [5, 5.41) is 4.37. The Morgan fingerprint density at radius 2 is 0.950 bits per heavy atom. The summed E-state index contributed by atoms with van der Waals surface area (Å²) in [6.07, 6.45) is 13.9. The maximum Gasteiger partial charge on any atom is 0.00452 e. The molecule has 110 valence electrons. The van der Waals surface area contributed by atoms with Gasteiger partial charge in [0.25, 0.3) is 0 Å². The summed E-state index contributed by atoms with van der Waals surface area (Å²) < 4.78 is 0. The maximum absolute atomic E-state index is 2.26. The number of aryl methyl sites for hydroxylation is 2. The monoisotopic (exact) mass is 306 g/mol. The molecule has 20 heavy (non-hydrogen) atoms. The molecule has 2 heterocycles. The molecule has 0 bridgehead atoms. The molecule has 0 saturated heterocycles. The van der Waals surface area contributed by atoms with E-state index in [1.165, 1.54) is 64.2 Å². The molecule has 0 aromatic carbocycles. The molecule has 0 unspecified atom stereocenters. The summed E-state index contributed by atoms with van der Waals surface area (Å²) in [5.74, 6) is 0. The van der Waals surface area contributed by atoms with Crippen LogP contribution in [0.15, 0.2) is 35.0 Å². The van der Waals surface area contributed by atoms with Crippen LogP contribution in [0.3, 0.4) is 0 Å². The van der Waals surface area contributed by atoms with Gasteiger partial charge in [0.15, 0.2) is 0 Å². The average molecular weight is 307 g/mol. The minimum absolute atomic E-state index is 1.29. The first-order chi connectivity index (χ1) is 9.95. The van der Waals surface area contributed by atoms with E-state index >= 15 is 0 Å². The molecule has 2 rings (SSSR count). The van der Waals surface area contributed by atoms with Crippen LogP contribution in [0.25, 0.3) is 0 Å². The van der Waals surface area contributed by atoms with Crippen molar-refractivity contribution in [2.75, 3.05) is 0 Å². The fourth-order valence-corrected chi connectivity index (χ4v) is 4.07. The van der Waals surface area contributed by atoms with Crippen LogP contribution in [0.4, 0.5) is 0 Å². The highest BCUT2D eigenvalue weighted by Gasteiger charge is 1.96. The van der Waals surface area contributed by atoms with Crippen LogP contribution >= 0.6 is 22.7 Å². The first-order valence-corrected chi connectivity index (χ1v) is 9.76. The molecule has 0 radical (unpaired) electrons. The Kier molecular flexibility index (Phi) is 8.03. The van der Waals surface area contributed by atoms with Crippen molar-refractivity contribution in [3.8, 4) is 0 Å². The summed E-state index contributed by atoms with van der Waals surface area (Å²) in [6, 6.07) is 8.85. The second-order valence-corrected chi connectivity index (χ2v) is 7.55. The van der Waals surface area contributed by atoms with E-state index in [-0.39, 0.29) is 0 Å². The SMILES string of the molecule is c1csc(CCCCCCCCCCc2cccs2)c1. The van der Waals surface area contributed by atoms with Gasteiger partial charge in [-0.3, -0.25) is 0 Å². The summed E-state index contributed by atoms with van der Waals surface area (Å²) >= 11 is 3.80. The molecule has 0 atom stereocenters. The van der Waals surface area contributed by atoms with Gasteiger partial charge in [-0.05, 0) is 48.6 Å². The first kappa shape index (κ1) is 15.8. The van der Waals surface area contributed by atoms with Crippen molar-refractivity contribution in [1.82, 2.24) is 0 Å². The van der Waals surface area contributed by atoms with Gasteiger partial charge in [0.1, 0.15) is 0 Å². The highest BCUT2D eigenvalue weighted by atomic mass is 32.1. The zero-order valence-electron chi connectivity index (χ0n) is 12.4. The lowest BCUT2D eigenvalue weighted by atomic mass is 10.1. The Hall–Kier alpha value is -0.600. The Balaban J connectivity index is 1.33. The predicted molar refractivity (Wildman–Crippen MR) is 93.0 cm³/mol. The number of hydrogen-bond donors (Lipinski definition) is 0. The smallest absolute Gasteiger partial charge is 0.00452 e. The Labute approximate surface area is 131 Å². The zero-order valence-corrected chi connectivity index (χ0v) is 14.0. The van der Waals surface area contributed by atoms with Gasteiger partial charge in [-0.2, -0.15) is 0 Å². The van der Waals surface area contributed by atoms with Gasteiger partial charge in [0.2, 0.25) is 0 Å². The van der Waals surface area contributed by atoms with Crippen molar-refractivity contribution in [1.29, 1.82) is 0 Å². The molecule has 0 N–H and O–H groups in total. The third-order valence-electron chi connectivity index (χ3n) is 3.76. The number of unbranched alkanes of at least 4 members (excludes halogenated alkanes) is 7. The Bertz CT molecular complexity index is 372. The van der Waals surface area contributed by atoms with Crippen LogP contribution in [0.2, 0.25) is 0 Å². The van der Waals surface area contributed by atoms with E-state index in [2.05, 4.69) is 35.0 Å². The number of thiophene rings is 2. The molecule has 0 aliphatic rings. The number of rotatable bonds is 11. The average Bonchev–Trinajstić information content (AvgIpc) is 3.14. The van der Waals surface area contributed by atoms with Crippen molar-refractivity contribution < 1.29 is 0 Å². The minimum atomic E-state index is 1.29. The lowest BCUT2D eigenvalue weighted by Crippen LogP contribution is -1.85. The van der Waals surface area contributed by atoms with Gasteiger partial charge in [-0.25, -0.2) is 0 Å². The molecular formula is C18H26S2. The Morgan fingerprint density at radius 1 is 0.550 bits per heavy atom. The summed E-state index contributed by atoms with van der Waals surface area (Å²) in [6.45, 7) is 0. The van der Waals surface area contributed by atoms with E-state index in [9.17, 15) is 0 Å². The fourth-order valence-electron chi connectivity index (χ4n) is 2.57. The topological polar surface area (TPSA) is 0 Å². The van der Waals surface area contributed by atoms with Crippen molar-refractivity contribution in [3.63, 3.8) is 0 Å². The van der Waals surface area contributed by atoms with Crippen LogP contribution in [0.1, 0.15) is 61.1 Å². The highest BCUT2D eigenvalue weighted by molar-refractivity contribution is 7.10. The van der Waals surface area contributed by atoms with Crippen LogP contribution in [0, 0.1) is 0 Å². The molecular weight excluding hydrogens is 280 g/mol. The second kappa shape index (κ2) is 10.2. The highest BCUT2D eigenvalue weighted by Crippen LogP contribution is 2.16. The lowest BCUT2D eigenvalue weighted by Gasteiger charge is -2.02. The van der Waals surface area contributed by atoms with Gasteiger partial charge in [0.05, 0.1) is 0 Å². The first-order valence-electron chi connectivity index (χ1n) is 8.00. The molecule has 0 aliphatic heterocycles. The Morgan fingerprint density at radius 3 is 1.30 bits per heavy atom. The summed E-state index contributed by atoms with van der Waals surface area (Å²) in [7, 11) is 0. The van der Waals surface area contributed by atoms with Crippen molar-refractivity contribution in [2.24, 2.45) is 0 Å². The molecule has 0 aliphatic carbocycles. The van der Waals surface area contributed by atoms with Crippen molar-refractivity contribution in [2.45, 2.75) is 64.2 Å². The molecule has 2 aromatic heterocycles. The molecule has 0 saturated carbocycles. The van der Waals surface area contributed by atoms with Gasteiger partial charge in [-0.1, -0.05) is 50.7 Å². The van der Waals surface area contributed by atoms with E-state index in [0.29, 0.717) is 0 Å². The molecule has 0 spiro atoms. The van der Waals surface area contributed by atoms with Gasteiger partial charge in [0, 0.05) is 9.75 Å². The molecule has 0 fully saturated rings. The van der Waals surface area contributed by atoms with Crippen molar-refractivity contribution in [3.05, 3.63) is 44.8 Å². The largest absolute Gasteiger partial charge is 0.149 e. The van der Waals surface area contributed by atoms with Gasteiger partial charge in [-0.15, -0.1) is 22.7 Å².